The molecule has 20 heavy (non-hydrogen) atoms. The molecular formula is C16H15N3S. The minimum absolute atomic E-state index is 0.426. The van der Waals surface area contributed by atoms with Crippen molar-refractivity contribution in [3.8, 4) is 10.7 Å². The maximum atomic E-state index is 4.81. The summed E-state index contributed by atoms with van der Waals surface area (Å²) in [6.45, 7) is 1.10. The van der Waals surface area contributed by atoms with E-state index in [0.29, 0.717) is 6.04 Å². The number of hydrogen-bond donors (Lipinski definition) is 1. The fourth-order valence-electron chi connectivity index (χ4n) is 2.78. The molecule has 100 valence electrons. The van der Waals surface area contributed by atoms with Crippen molar-refractivity contribution < 1.29 is 0 Å². The molecule has 1 aliphatic rings. The standard InChI is InChI=1S/C16H15N3S/c1-2-5-12-11(4-1)7-9-18-15(12)16-19-14(10-20-16)13-6-3-8-17-13/h1-2,4-5,7,9-10,13,17H,3,6,8H2/t13-/m0/s1. The van der Waals surface area contributed by atoms with Crippen LogP contribution in [0.25, 0.3) is 21.5 Å². The third-order valence-electron chi connectivity index (χ3n) is 3.82. The molecule has 3 nitrogen and oxygen atoms in total. The Balaban J connectivity index is 1.79. The maximum Gasteiger partial charge on any atom is 0.142 e. The molecule has 0 unspecified atom stereocenters. The van der Waals surface area contributed by atoms with Gasteiger partial charge in [0.1, 0.15) is 10.7 Å². The van der Waals surface area contributed by atoms with Crippen molar-refractivity contribution in [2.45, 2.75) is 18.9 Å². The highest BCUT2D eigenvalue weighted by Crippen LogP contribution is 2.32. The van der Waals surface area contributed by atoms with E-state index in [0.717, 1.165) is 22.9 Å². The van der Waals surface area contributed by atoms with Crippen molar-refractivity contribution in [1.29, 1.82) is 0 Å². The smallest absolute Gasteiger partial charge is 0.142 e. The van der Waals surface area contributed by atoms with Crippen LogP contribution in [-0.2, 0) is 0 Å². The van der Waals surface area contributed by atoms with Crippen LogP contribution >= 0.6 is 11.3 Å². The van der Waals surface area contributed by atoms with Crippen molar-refractivity contribution in [3.05, 3.63) is 47.6 Å². The maximum absolute atomic E-state index is 4.81. The number of nitrogens with one attached hydrogen (secondary N) is 1. The fourth-order valence-corrected chi connectivity index (χ4v) is 3.66. The Morgan fingerprint density at radius 1 is 1.20 bits per heavy atom. The lowest BCUT2D eigenvalue weighted by atomic mass is 10.1. The van der Waals surface area contributed by atoms with E-state index in [9.17, 15) is 0 Å². The summed E-state index contributed by atoms with van der Waals surface area (Å²) in [5, 5.41) is 9.08. The van der Waals surface area contributed by atoms with Crippen molar-refractivity contribution >= 4 is 22.1 Å². The van der Waals surface area contributed by atoms with Gasteiger partial charge in [0.25, 0.3) is 0 Å². The molecule has 3 heterocycles. The van der Waals surface area contributed by atoms with Gasteiger partial charge >= 0.3 is 0 Å². The number of nitrogens with zero attached hydrogens (tertiary/aromatic N) is 2. The number of rotatable bonds is 2. The van der Waals surface area contributed by atoms with Gasteiger partial charge in [-0.25, -0.2) is 4.98 Å². The lowest BCUT2D eigenvalue weighted by Crippen LogP contribution is -2.12. The number of hydrogen-bond acceptors (Lipinski definition) is 4. The van der Waals surface area contributed by atoms with Gasteiger partial charge < -0.3 is 5.32 Å². The molecule has 1 saturated heterocycles. The molecule has 0 aliphatic carbocycles. The van der Waals surface area contributed by atoms with Gasteiger partial charge in [0.2, 0.25) is 0 Å². The number of pyridine rings is 1. The predicted molar refractivity (Wildman–Crippen MR) is 82.8 cm³/mol. The second-order valence-electron chi connectivity index (χ2n) is 5.11. The average Bonchev–Trinajstić information content (AvgIpc) is 3.17. The first-order chi connectivity index (χ1) is 9.92. The van der Waals surface area contributed by atoms with Crippen LogP contribution in [0.5, 0.6) is 0 Å². The SMILES string of the molecule is c1ccc2c(-c3nc([C@@H]4CCCN4)cs3)nccc2c1. The van der Waals surface area contributed by atoms with Gasteiger partial charge in [-0.2, -0.15) is 0 Å². The molecule has 1 fully saturated rings. The monoisotopic (exact) mass is 281 g/mol. The van der Waals surface area contributed by atoms with Crippen LogP contribution in [0.1, 0.15) is 24.6 Å². The summed E-state index contributed by atoms with van der Waals surface area (Å²) in [6.07, 6.45) is 4.29. The van der Waals surface area contributed by atoms with E-state index in [-0.39, 0.29) is 0 Å². The van der Waals surface area contributed by atoms with E-state index in [1.807, 2.05) is 12.3 Å². The Kier molecular flexibility index (Phi) is 2.98. The second-order valence-corrected chi connectivity index (χ2v) is 5.97. The first-order valence-corrected chi connectivity index (χ1v) is 7.83. The normalized spacial score (nSPS) is 18.7. The summed E-state index contributed by atoms with van der Waals surface area (Å²) in [7, 11) is 0. The number of benzene rings is 1. The van der Waals surface area contributed by atoms with Crippen molar-refractivity contribution in [2.24, 2.45) is 0 Å². The molecule has 2 aromatic heterocycles. The molecule has 4 heteroatoms. The second kappa shape index (κ2) is 4.96. The van der Waals surface area contributed by atoms with Gasteiger partial charge in [0.15, 0.2) is 0 Å². The molecule has 0 bridgehead atoms. The highest BCUT2D eigenvalue weighted by Gasteiger charge is 2.20. The first-order valence-electron chi connectivity index (χ1n) is 6.95. The summed E-state index contributed by atoms with van der Waals surface area (Å²) < 4.78 is 0. The molecule has 1 atom stereocenters. The molecule has 3 aromatic rings. The predicted octanol–water partition coefficient (Wildman–Crippen LogP) is 3.78. The van der Waals surface area contributed by atoms with E-state index in [1.54, 1.807) is 11.3 Å². The highest BCUT2D eigenvalue weighted by molar-refractivity contribution is 7.13. The Labute approximate surface area is 121 Å². The lowest BCUT2D eigenvalue weighted by Gasteiger charge is -2.05. The van der Waals surface area contributed by atoms with Gasteiger partial charge in [0.05, 0.1) is 11.7 Å². The Morgan fingerprint density at radius 2 is 2.15 bits per heavy atom. The van der Waals surface area contributed by atoms with Crippen LogP contribution in [0.3, 0.4) is 0 Å². The van der Waals surface area contributed by atoms with Crippen LogP contribution in [-0.4, -0.2) is 16.5 Å². The van der Waals surface area contributed by atoms with Crippen LogP contribution in [0, 0.1) is 0 Å². The fraction of sp³-hybridized carbons (Fsp3) is 0.250. The van der Waals surface area contributed by atoms with Gasteiger partial charge in [-0.1, -0.05) is 24.3 Å². The minimum atomic E-state index is 0.426. The topological polar surface area (TPSA) is 37.8 Å². The molecule has 0 spiro atoms. The van der Waals surface area contributed by atoms with Crippen molar-refractivity contribution in [3.63, 3.8) is 0 Å². The van der Waals surface area contributed by atoms with Crippen LogP contribution in [0.4, 0.5) is 0 Å². The Hall–Kier alpha value is -1.78. The first kappa shape index (κ1) is 12.0. The average molecular weight is 281 g/mol. The molecule has 4 rings (SSSR count). The van der Waals surface area contributed by atoms with Crippen LogP contribution in [0.2, 0.25) is 0 Å². The van der Waals surface area contributed by atoms with E-state index >= 15 is 0 Å². The molecule has 1 aliphatic heterocycles. The van der Waals surface area contributed by atoms with Crippen molar-refractivity contribution in [2.75, 3.05) is 6.54 Å². The molecule has 0 radical (unpaired) electrons. The zero-order valence-corrected chi connectivity index (χ0v) is 11.9. The van der Waals surface area contributed by atoms with Gasteiger partial charge in [-0.05, 0) is 30.8 Å². The van der Waals surface area contributed by atoms with Crippen LogP contribution in [0.15, 0.2) is 41.9 Å². The van der Waals surface area contributed by atoms with Gasteiger partial charge in [-0.15, -0.1) is 11.3 Å². The van der Waals surface area contributed by atoms with E-state index in [2.05, 4.69) is 39.9 Å². The number of aromatic nitrogens is 2. The Bertz CT molecular complexity index is 739. The summed E-state index contributed by atoms with van der Waals surface area (Å²) >= 11 is 1.69. The summed E-state index contributed by atoms with van der Waals surface area (Å²) in [5.41, 5.74) is 2.16. The third-order valence-corrected chi connectivity index (χ3v) is 4.68. The summed E-state index contributed by atoms with van der Waals surface area (Å²) in [5.74, 6) is 0. The third kappa shape index (κ3) is 2.01. The number of thiazole rings is 1. The molecule has 1 aromatic carbocycles. The summed E-state index contributed by atoms with van der Waals surface area (Å²) in [4.78, 5) is 9.35. The zero-order valence-electron chi connectivity index (χ0n) is 11.0. The molecule has 1 N–H and O–H groups in total. The quantitative estimate of drug-likeness (QED) is 0.776. The van der Waals surface area contributed by atoms with E-state index in [1.165, 1.54) is 23.6 Å². The molecule has 0 amide bonds. The lowest BCUT2D eigenvalue weighted by molar-refractivity contribution is 0.632. The van der Waals surface area contributed by atoms with E-state index in [4.69, 9.17) is 4.98 Å². The number of fused-ring (bicyclic) bond motifs is 1. The van der Waals surface area contributed by atoms with Gasteiger partial charge in [-0.3, -0.25) is 4.98 Å². The minimum Gasteiger partial charge on any atom is -0.309 e. The Morgan fingerprint density at radius 3 is 3.05 bits per heavy atom. The molecule has 0 saturated carbocycles. The summed E-state index contributed by atoms with van der Waals surface area (Å²) in [6, 6.07) is 10.8. The molecular weight excluding hydrogens is 266 g/mol. The zero-order chi connectivity index (χ0) is 13.4. The van der Waals surface area contributed by atoms with Crippen molar-refractivity contribution in [1.82, 2.24) is 15.3 Å². The largest absolute Gasteiger partial charge is 0.309 e. The van der Waals surface area contributed by atoms with E-state index < -0.39 is 0 Å². The van der Waals surface area contributed by atoms with Gasteiger partial charge in [0, 0.05) is 17.0 Å². The van der Waals surface area contributed by atoms with Crippen LogP contribution < -0.4 is 5.32 Å². The highest BCUT2D eigenvalue weighted by atomic mass is 32.1.